The van der Waals surface area contributed by atoms with Crippen molar-refractivity contribution in [3.8, 4) is 0 Å². The van der Waals surface area contributed by atoms with Crippen LogP contribution >= 0.6 is 23.2 Å². The molecule has 0 spiro atoms. The van der Waals surface area contributed by atoms with Crippen molar-refractivity contribution in [2.24, 2.45) is 4.99 Å². The second kappa shape index (κ2) is 6.01. The highest BCUT2D eigenvalue weighted by Gasteiger charge is 2.09. The standard InChI is InChI=1S/C10H14Cl2N4/c1-4-5-7-8(11)14-10(15-9(7)12)13-6-16(2)3/h6H,4-5H2,1-3H3/b13-6+. The zero-order chi connectivity index (χ0) is 12.1. The van der Waals surface area contributed by atoms with Gasteiger partial charge in [-0.05, 0) is 6.42 Å². The van der Waals surface area contributed by atoms with Gasteiger partial charge in [0.2, 0.25) is 0 Å². The number of halogens is 2. The van der Waals surface area contributed by atoms with Gasteiger partial charge in [-0.2, -0.15) is 9.97 Å². The minimum Gasteiger partial charge on any atom is -0.369 e. The number of hydrogen-bond acceptors (Lipinski definition) is 3. The first-order chi connectivity index (χ1) is 7.54. The quantitative estimate of drug-likeness (QED) is 0.475. The maximum Gasteiger partial charge on any atom is 0.253 e. The third-order valence-corrected chi connectivity index (χ3v) is 2.42. The lowest BCUT2D eigenvalue weighted by Gasteiger charge is -2.05. The molecule has 88 valence electrons. The Kier molecular flexibility index (Phi) is 4.96. The molecule has 0 N–H and O–H groups in total. The van der Waals surface area contributed by atoms with Gasteiger partial charge in [-0.1, -0.05) is 36.5 Å². The van der Waals surface area contributed by atoms with Crippen molar-refractivity contribution >= 4 is 35.5 Å². The number of aliphatic imine (C=N–C) groups is 1. The zero-order valence-corrected chi connectivity index (χ0v) is 11.0. The third kappa shape index (κ3) is 3.61. The molecule has 0 amide bonds. The topological polar surface area (TPSA) is 41.4 Å². The lowest BCUT2D eigenvalue weighted by atomic mass is 10.2. The summed E-state index contributed by atoms with van der Waals surface area (Å²) in [7, 11) is 3.72. The van der Waals surface area contributed by atoms with Crippen molar-refractivity contribution in [1.29, 1.82) is 0 Å². The van der Waals surface area contributed by atoms with Crippen molar-refractivity contribution in [3.63, 3.8) is 0 Å². The van der Waals surface area contributed by atoms with E-state index in [0.717, 1.165) is 18.4 Å². The van der Waals surface area contributed by atoms with Gasteiger partial charge in [0.1, 0.15) is 10.3 Å². The molecule has 6 heteroatoms. The first-order valence-electron chi connectivity index (χ1n) is 4.97. The van der Waals surface area contributed by atoms with E-state index in [1.165, 1.54) is 0 Å². The van der Waals surface area contributed by atoms with Crippen LogP contribution in [0.3, 0.4) is 0 Å². The summed E-state index contributed by atoms with van der Waals surface area (Å²) in [6.45, 7) is 2.05. The van der Waals surface area contributed by atoms with E-state index in [2.05, 4.69) is 15.0 Å². The second-order valence-corrected chi connectivity index (χ2v) is 4.26. The lowest BCUT2D eigenvalue weighted by Crippen LogP contribution is -2.07. The van der Waals surface area contributed by atoms with E-state index in [0.29, 0.717) is 10.3 Å². The fourth-order valence-electron chi connectivity index (χ4n) is 1.10. The molecule has 0 saturated heterocycles. The van der Waals surface area contributed by atoms with Crippen LogP contribution in [0.5, 0.6) is 0 Å². The van der Waals surface area contributed by atoms with Crippen LogP contribution in [0.4, 0.5) is 5.95 Å². The van der Waals surface area contributed by atoms with Crippen LogP contribution in [-0.2, 0) is 6.42 Å². The summed E-state index contributed by atoms with van der Waals surface area (Å²) in [5.74, 6) is 0.281. The van der Waals surface area contributed by atoms with Crippen molar-refractivity contribution in [1.82, 2.24) is 14.9 Å². The Hall–Kier alpha value is -0.870. The van der Waals surface area contributed by atoms with Crippen molar-refractivity contribution in [2.75, 3.05) is 14.1 Å². The number of rotatable bonds is 4. The number of nitrogens with zero attached hydrogens (tertiary/aromatic N) is 4. The maximum absolute atomic E-state index is 6.01. The molecule has 1 rings (SSSR count). The smallest absolute Gasteiger partial charge is 0.253 e. The molecule has 0 fully saturated rings. The zero-order valence-electron chi connectivity index (χ0n) is 9.54. The van der Waals surface area contributed by atoms with Gasteiger partial charge in [0, 0.05) is 19.7 Å². The molecule has 0 bridgehead atoms. The summed E-state index contributed by atoms with van der Waals surface area (Å²) >= 11 is 12.0. The van der Waals surface area contributed by atoms with E-state index >= 15 is 0 Å². The van der Waals surface area contributed by atoms with Gasteiger partial charge in [0.15, 0.2) is 0 Å². The molecule has 0 radical (unpaired) electrons. The van der Waals surface area contributed by atoms with E-state index in [4.69, 9.17) is 23.2 Å². The third-order valence-electron chi connectivity index (χ3n) is 1.80. The van der Waals surface area contributed by atoms with Crippen molar-refractivity contribution < 1.29 is 0 Å². The highest BCUT2D eigenvalue weighted by atomic mass is 35.5. The first kappa shape index (κ1) is 13.2. The van der Waals surface area contributed by atoms with Gasteiger partial charge in [0.05, 0.1) is 6.34 Å². The Morgan fingerprint density at radius 3 is 2.25 bits per heavy atom. The average Bonchev–Trinajstić information content (AvgIpc) is 2.20. The van der Waals surface area contributed by atoms with Crippen LogP contribution < -0.4 is 0 Å². The van der Waals surface area contributed by atoms with Crippen LogP contribution in [0.15, 0.2) is 4.99 Å². The molecule has 1 heterocycles. The molecule has 0 atom stereocenters. The Bertz CT molecular complexity index is 367. The summed E-state index contributed by atoms with van der Waals surface area (Å²) in [5.41, 5.74) is 0.787. The molecule has 0 aliphatic heterocycles. The van der Waals surface area contributed by atoms with Gasteiger partial charge in [-0.3, -0.25) is 0 Å². The fraction of sp³-hybridized carbons (Fsp3) is 0.500. The molecular weight excluding hydrogens is 247 g/mol. The Balaban J connectivity index is 3.00. The van der Waals surface area contributed by atoms with Crippen molar-refractivity contribution in [3.05, 3.63) is 15.9 Å². The summed E-state index contributed by atoms with van der Waals surface area (Å²) in [6, 6.07) is 0. The van der Waals surface area contributed by atoms with Gasteiger partial charge in [-0.15, -0.1) is 0 Å². The van der Waals surface area contributed by atoms with Crippen LogP contribution in [0.1, 0.15) is 18.9 Å². The lowest BCUT2D eigenvalue weighted by molar-refractivity contribution is 0.642. The molecule has 16 heavy (non-hydrogen) atoms. The SMILES string of the molecule is CCCc1c(Cl)nc(/N=C/N(C)C)nc1Cl. The van der Waals surface area contributed by atoms with E-state index in [9.17, 15) is 0 Å². The van der Waals surface area contributed by atoms with E-state index in [-0.39, 0.29) is 5.95 Å². The molecular formula is C10H14Cl2N4. The highest BCUT2D eigenvalue weighted by molar-refractivity contribution is 6.34. The Labute approximate surface area is 105 Å². The summed E-state index contributed by atoms with van der Waals surface area (Å²) < 4.78 is 0. The minimum atomic E-state index is 0.281. The molecule has 0 unspecified atom stereocenters. The Morgan fingerprint density at radius 1 is 1.25 bits per heavy atom. The van der Waals surface area contributed by atoms with E-state index < -0.39 is 0 Å². The molecule has 0 saturated carbocycles. The monoisotopic (exact) mass is 260 g/mol. The molecule has 0 aliphatic rings. The van der Waals surface area contributed by atoms with Gasteiger partial charge >= 0.3 is 0 Å². The average molecular weight is 261 g/mol. The molecule has 0 aliphatic carbocycles. The first-order valence-corrected chi connectivity index (χ1v) is 5.72. The molecule has 1 aromatic heterocycles. The van der Waals surface area contributed by atoms with Crippen LogP contribution in [-0.4, -0.2) is 35.3 Å². The van der Waals surface area contributed by atoms with Gasteiger partial charge < -0.3 is 4.90 Å². The van der Waals surface area contributed by atoms with Crippen LogP contribution in [0.25, 0.3) is 0 Å². The predicted octanol–water partition coefficient (Wildman–Crippen LogP) is 2.96. The van der Waals surface area contributed by atoms with Crippen molar-refractivity contribution in [2.45, 2.75) is 19.8 Å². The van der Waals surface area contributed by atoms with Crippen LogP contribution in [0.2, 0.25) is 10.3 Å². The summed E-state index contributed by atoms with van der Waals surface area (Å²) in [5, 5.41) is 0.764. The molecule has 4 nitrogen and oxygen atoms in total. The van der Waals surface area contributed by atoms with Gasteiger partial charge in [-0.25, -0.2) is 4.99 Å². The maximum atomic E-state index is 6.01. The van der Waals surface area contributed by atoms with E-state index in [1.807, 2.05) is 21.0 Å². The number of aromatic nitrogens is 2. The fourth-order valence-corrected chi connectivity index (χ4v) is 1.67. The summed E-state index contributed by atoms with van der Waals surface area (Å²) in [4.78, 5) is 14.0. The Morgan fingerprint density at radius 2 is 1.81 bits per heavy atom. The number of hydrogen-bond donors (Lipinski definition) is 0. The normalized spacial score (nSPS) is 11.1. The second-order valence-electron chi connectivity index (χ2n) is 3.54. The van der Waals surface area contributed by atoms with E-state index in [1.54, 1.807) is 11.2 Å². The minimum absolute atomic E-state index is 0.281. The molecule has 0 aromatic carbocycles. The summed E-state index contributed by atoms with van der Waals surface area (Å²) in [6.07, 6.45) is 3.32. The van der Waals surface area contributed by atoms with Crippen LogP contribution in [0, 0.1) is 0 Å². The largest absolute Gasteiger partial charge is 0.369 e. The van der Waals surface area contributed by atoms with Gasteiger partial charge in [0.25, 0.3) is 5.95 Å². The predicted molar refractivity (Wildman–Crippen MR) is 67.9 cm³/mol. The molecule has 1 aromatic rings. The highest BCUT2D eigenvalue weighted by Crippen LogP contribution is 2.24.